The maximum Gasteiger partial charge on any atom is -0.00584 e. The molecule has 0 N–H and O–H groups in total. The first kappa shape index (κ1) is 10.2. The standard InChI is InChI=1S/C13H20S/c1-10(2)11-3-5-12(6-4-11)13-7-8-14-9-13/h7-12H,3-6H2,1-2H3. The molecular formula is C13H20S. The monoisotopic (exact) mass is 208 g/mol. The molecule has 1 aromatic heterocycles. The molecule has 2 rings (SSSR count). The van der Waals surface area contributed by atoms with E-state index in [1.54, 1.807) is 5.56 Å². The second kappa shape index (κ2) is 4.48. The summed E-state index contributed by atoms with van der Waals surface area (Å²) in [6.07, 6.45) is 5.72. The zero-order chi connectivity index (χ0) is 9.97. The first-order valence-corrected chi connectivity index (χ1v) is 6.73. The molecule has 1 saturated carbocycles. The van der Waals surface area contributed by atoms with Crippen molar-refractivity contribution in [1.82, 2.24) is 0 Å². The van der Waals surface area contributed by atoms with E-state index >= 15 is 0 Å². The Kier molecular flexibility index (Phi) is 3.27. The van der Waals surface area contributed by atoms with Crippen LogP contribution in [0.1, 0.15) is 51.0 Å². The summed E-state index contributed by atoms with van der Waals surface area (Å²) in [5.41, 5.74) is 1.59. The maximum absolute atomic E-state index is 2.37. The van der Waals surface area contributed by atoms with Crippen LogP contribution in [0.3, 0.4) is 0 Å². The minimum Gasteiger partial charge on any atom is -0.152 e. The highest BCUT2D eigenvalue weighted by Gasteiger charge is 2.24. The Hall–Kier alpha value is -0.300. The molecule has 1 aromatic rings. The molecule has 0 radical (unpaired) electrons. The molecule has 78 valence electrons. The molecule has 1 aliphatic carbocycles. The van der Waals surface area contributed by atoms with Crippen LogP contribution in [0.4, 0.5) is 0 Å². The van der Waals surface area contributed by atoms with Crippen LogP contribution in [0.2, 0.25) is 0 Å². The lowest BCUT2D eigenvalue weighted by Crippen LogP contribution is -2.17. The van der Waals surface area contributed by atoms with Crippen LogP contribution in [-0.2, 0) is 0 Å². The van der Waals surface area contributed by atoms with E-state index in [-0.39, 0.29) is 0 Å². The van der Waals surface area contributed by atoms with Crippen molar-refractivity contribution >= 4 is 11.3 Å². The Morgan fingerprint density at radius 3 is 2.43 bits per heavy atom. The Bertz CT molecular complexity index is 253. The third-order valence-corrected chi connectivity index (χ3v) is 4.43. The molecule has 0 atom stereocenters. The van der Waals surface area contributed by atoms with Gasteiger partial charge in [-0.1, -0.05) is 13.8 Å². The molecule has 14 heavy (non-hydrogen) atoms. The second-order valence-electron chi connectivity index (χ2n) is 4.91. The summed E-state index contributed by atoms with van der Waals surface area (Å²) >= 11 is 1.84. The van der Waals surface area contributed by atoms with Crippen LogP contribution in [0.25, 0.3) is 0 Å². The number of rotatable bonds is 2. The van der Waals surface area contributed by atoms with Crippen molar-refractivity contribution in [3.05, 3.63) is 22.4 Å². The van der Waals surface area contributed by atoms with Crippen LogP contribution in [0.15, 0.2) is 16.8 Å². The first-order chi connectivity index (χ1) is 6.77. The topological polar surface area (TPSA) is 0 Å². The van der Waals surface area contributed by atoms with E-state index < -0.39 is 0 Å². The average molecular weight is 208 g/mol. The van der Waals surface area contributed by atoms with Crippen molar-refractivity contribution in [3.8, 4) is 0 Å². The van der Waals surface area contributed by atoms with Crippen LogP contribution in [0.5, 0.6) is 0 Å². The highest BCUT2D eigenvalue weighted by Crippen LogP contribution is 2.38. The SMILES string of the molecule is CC(C)C1CCC(c2ccsc2)CC1. The summed E-state index contributed by atoms with van der Waals surface area (Å²) in [5.74, 6) is 2.75. The predicted molar refractivity (Wildman–Crippen MR) is 63.9 cm³/mol. The summed E-state index contributed by atoms with van der Waals surface area (Å²) in [6.45, 7) is 4.74. The third kappa shape index (κ3) is 2.20. The minimum absolute atomic E-state index is 0.872. The van der Waals surface area contributed by atoms with Gasteiger partial charge in [0.05, 0.1) is 0 Å². The van der Waals surface area contributed by atoms with Gasteiger partial charge in [-0.3, -0.25) is 0 Å². The quantitative estimate of drug-likeness (QED) is 0.662. The number of thiophene rings is 1. The maximum atomic E-state index is 2.37. The molecule has 0 aliphatic heterocycles. The van der Waals surface area contributed by atoms with Gasteiger partial charge in [-0.15, -0.1) is 0 Å². The van der Waals surface area contributed by atoms with E-state index in [0.717, 1.165) is 17.8 Å². The lowest BCUT2D eigenvalue weighted by atomic mass is 9.75. The van der Waals surface area contributed by atoms with E-state index in [2.05, 4.69) is 30.7 Å². The van der Waals surface area contributed by atoms with Crippen LogP contribution in [0, 0.1) is 11.8 Å². The van der Waals surface area contributed by atoms with Gasteiger partial charge in [0.1, 0.15) is 0 Å². The fourth-order valence-corrected chi connectivity index (χ4v) is 3.37. The molecule has 0 unspecified atom stereocenters. The summed E-state index contributed by atoms with van der Waals surface area (Å²) in [4.78, 5) is 0. The van der Waals surface area contributed by atoms with E-state index in [9.17, 15) is 0 Å². The molecule has 1 fully saturated rings. The molecule has 0 nitrogen and oxygen atoms in total. The van der Waals surface area contributed by atoms with Crippen molar-refractivity contribution in [2.75, 3.05) is 0 Å². The minimum atomic E-state index is 0.872. The molecule has 0 spiro atoms. The molecule has 0 aromatic carbocycles. The normalized spacial score (nSPS) is 28.2. The van der Waals surface area contributed by atoms with Gasteiger partial charge in [-0.25, -0.2) is 0 Å². The smallest absolute Gasteiger partial charge is 0.00584 e. The van der Waals surface area contributed by atoms with Crippen LogP contribution < -0.4 is 0 Å². The van der Waals surface area contributed by atoms with Crippen molar-refractivity contribution in [3.63, 3.8) is 0 Å². The molecule has 0 bridgehead atoms. The third-order valence-electron chi connectivity index (χ3n) is 3.73. The summed E-state index contributed by atoms with van der Waals surface area (Å²) in [6, 6.07) is 2.31. The first-order valence-electron chi connectivity index (χ1n) is 5.79. The number of hydrogen-bond acceptors (Lipinski definition) is 1. The van der Waals surface area contributed by atoms with Crippen molar-refractivity contribution in [2.45, 2.75) is 45.4 Å². The van der Waals surface area contributed by atoms with Gasteiger partial charge >= 0.3 is 0 Å². The van der Waals surface area contributed by atoms with E-state index in [1.807, 2.05) is 11.3 Å². The Morgan fingerprint density at radius 2 is 1.93 bits per heavy atom. The predicted octanol–water partition coefficient (Wildman–Crippen LogP) is 4.68. The summed E-state index contributed by atoms with van der Waals surface area (Å²) < 4.78 is 0. The van der Waals surface area contributed by atoms with Crippen LogP contribution in [-0.4, -0.2) is 0 Å². The lowest BCUT2D eigenvalue weighted by Gasteiger charge is -2.30. The van der Waals surface area contributed by atoms with E-state index in [1.165, 1.54) is 25.7 Å². The van der Waals surface area contributed by atoms with Gasteiger partial charge in [0.15, 0.2) is 0 Å². The summed E-state index contributed by atoms with van der Waals surface area (Å²) in [5, 5.41) is 4.55. The average Bonchev–Trinajstić information content (AvgIpc) is 2.71. The molecule has 1 aliphatic rings. The summed E-state index contributed by atoms with van der Waals surface area (Å²) in [7, 11) is 0. The van der Waals surface area contributed by atoms with Crippen LogP contribution >= 0.6 is 11.3 Å². The fourth-order valence-electron chi connectivity index (χ4n) is 2.63. The van der Waals surface area contributed by atoms with E-state index in [4.69, 9.17) is 0 Å². The Balaban J connectivity index is 1.90. The molecule has 0 amide bonds. The van der Waals surface area contributed by atoms with E-state index in [0.29, 0.717) is 0 Å². The van der Waals surface area contributed by atoms with Gasteiger partial charge < -0.3 is 0 Å². The Morgan fingerprint density at radius 1 is 1.21 bits per heavy atom. The molecule has 1 heteroatoms. The van der Waals surface area contributed by atoms with Gasteiger partial charge in [0.2, 0.25) is 0 Å². The fraction of sp³-hybridized carbons (Fsp3) is 0.692. The van der Waals surface area contributed by atoms with Crippen molar-refractivity contribution in [1.29, 1.82) is 0 Å². The van der Waals surface area contributed by atoms with Gasteiger partial charge in [0.25, 0.3) is 0 Å². The molecular weight excluding hydrogens is 188 g/mol. The lowest BCUT2D eigenvalue weighted by molar-refractivity contribution is 0.259. The largest absolute Gasteiger partial charge is 0.152 e. The molecule has 0 saturated heterocycles. The van der Waals surface area contributed by atoms with Crippen molar-refractivity contribution in [2.24, 2.45) is 11.8 Å². The van der Waals surface area contributed by atoms with Gasteiger partial charge in [-0.05, 0) is 65.8 Å². The highest BCUT2D eigenvalue weighted by molar-refractivity contribution is 7.07. The molecule has 1 heterocycles. The van der Waals surface area contributed by atoms with Crippen molar-refractivity contribution < 1.29 is 0 Å². The van der Waals surface area contributed by atoms with Gasteiger partial charge in [0, 0.05) is 0 Å². The number of hydrogen-bond donors (Lipinski definition) is 0. The van der Waals surface area contributed by atoms with Gasteiger partial charge in [-0.2, -0.15) is 11.3 Å². The Labute approximate surface area is 91.4 Å². The second-order valence-corrected chi connectivity index (χ2v) is 5.69. The zero-order valence-corrected chi connectivity index (χ0v) is 10.0. The highest BCUT2D eigenvalue weighted by atomic mass is 32.1. The zero-order valence-electron chi connectivity index (χ0n) is 9.20.